The van der Waals surface area contributed by atoms with Crippen molar-refractivity contribution in [1.29, 1.82) is 0 Å². The molecule has 1 aromatic carbocycles. The van der Waals surface area contributed by atoms with E-state index in [4.69, 9.17) is 9.26 Å². The van der Waals surface area contributed by atoms with Gasteiger partial charge in [0.1, 0.15) is 17.3 Å². The van der Waals surface area contributed by atoms with E-state index >= 15 is 0 Å². The van der Waals surface area contributed by atoms with E-state index in [1.807, 2.05) is 30.5 Å². The molecule has 2 aromatic heterocycles. The normalized spacial score (nSPS) is 17.0. The van der Waals surface area contributed by atoms with Crippen molar-refractivity contribution in [3.63, 3.8) is 0 Å². The first-order valence-corrected chi connectivity index (χ1v) is 7.78. The maximum atomic E-state index is 5.42. The van der Waals surface area contributed by atoms with E-state index in [2.05, 4.69) is 26.6 Å². The van der Waals surface area contributed by atoms with E-state index in [1.165, 1.54) is 6.42 Å². The average molecular weight is 310 g/mol. The van der Waals surface area contributed by atoms with Crippen LogP contribution in [0.1, 0.15) is 19.2 Å². The number of hydrogen-bond acceptors (Lipinski definition) is 5. The minimum Gasteiger partial charge on any atom is -0.496 e. The summed E-state index contributed by atoms with van der Waals surface area (Å²) in [6.45, 7) is 3.25. The van der Waals surface area contributed by atoms with Gasteiger partial charge in [0.15, 0.2) is 0 Å². The van der Waals surface area contributed by atoms with Crippen LogP contribution in [0.25, 0.3) is 23.0 Å². The van der Waals surface area contributed by atoms with Crippen molar-refractivity contribution in [2.45, 2.75) is 26.3 Å². The van der Waals surface area contributed by atoms with Gasteiger partial charge in [-0.3, -0.25) is 0 Å². The molecule has 0 radical (unpaired) electrons. The molecule has 1 aliphatic rings. The predicted molar refractivity (Wildman–Crippen MR) is 85.0 cm³/mol. The molecule has 0 bridgehead atoms. The lowest BCUT2D eigenvalue weighted by Gasteiger charge is -2.19. The molecule has 0 aliphatic carbocycles. The smallest absolute Gasteiger partial charge is 0.278 e. The third-order valence-corrected chi connectivity index (χ3v) is 4.22. The number of aryl methyl sites for hydroxylation is 1. The number of rotatable bonds is 3. The second-order valence-electron chi connectivity index (χ2n) is 5.96. The summed E-state index contributed by atoms with van der Waals surface area (Å²) in [5.41, 5.74) is 1.55. The minimum absolute atomic E-state index is 0.445. The van der Waals surface area contributed by atoms with Crippen molar-refractivity contribution in [2.24, 2.45) is 5.92 Å². The molecule has 0 amide bonds. The summed E-state index contributed by atoms with van der Waals surface area (Å²) in [4.78, 5) is 9.13. The maximum Gasteiger partial charge on any atom is 0.278 e. The van der Waals surface area contributed by atoms with Crippen LogP contribution in [0.3, 0.4) is 0 Å². The van der Waals surface area contributed by atoms with Crippen LogP contribution in [-0.4, -0.2) is 26.8 Å². The zero-order valence-corrected chi connectivity index (χ0v) is 13.2. The molecule has 6 heteroatoms. The Morgan fingerprint density at radius 2 is 2.13 bits per heavy atom. The monoisotopic (exact) mass is 310 g/mol. The lowest BCUT2D eigenvalue weighted by Crippen LogP contribution is -2.17. The Kier molecular flexibility index (Phi) is 3.37. The van der Waals surface area contributed by atoms with Crippen LogP contribution in [0, 0.1) is 5.92 Å². The summed E-state index contributed by atoms with van der Waals surface area (Å²) in [5.74, 6) is 3.45. The van der Waals surface area contributed by atoms with Crippen LogP contribution >= 0.6 is 0 Å². The molecule has 3 heterocycles. The van der Waals surface area contributed by atoms with Gasteiger partial charge < -0.3 is 13.8 Å². The molecule has 23 heavy (non-hydrogen) atoms. The van der Waals surface area contributed by atoms with Gasteiger partial charge in [0.25, 0.3) is 5.89 Å². The SMILES string of the molecule is COc1ccccc1-c1noc(-c2cn3c(n2)CCC(C)C3)n1. The van der Waals surface area contributed by atoms with Crippen LogP contribution in [-0.2, 0) is 13.0 Å². The highest BCUT2D eigenvalue weighted by Gasteiger charge is 2.21. The molecule has 0 saturated carbocycles. The molecule has 1 unspecified atom stereocenters. The van der Waals surface area contributed by atoms with E-state index in [1.54, 1.807) is 7.11 Å². The number of para-hydroxylation sites is 1. The van der Waals surface area contributed by atoms with E-state index in [0.717, 1.165) is 35.8 Å². The van der Waals surface area contributed by atoms with Crippen molar-refractivity contribution in [3.05, 3.63) is 36.3 Å². The van der Waals surface area contributed by atoms with E-state index in [0.29, 0.717) is 17.6 Å². The standard InChI is InChI=1S/C17H18N4O2/c1-11-7-8-15-18-13(10-21(15)9-11)17-19-16(20-23-17)12-5-3-4-6-14(12)22-2/h3-6,10-11H,7-9H2,1-2H3. The van der Waals surface area contributed by atoms with Gasteiger partial charge in [-0.15, -0.1) is 0 Å². The zero-order chi connectivity index (χ0) is 15.8. The quantitative estimate of drug-likeness (QED) is 0.743. The van der Waals surface area contributed by atoms with Gasteiger partial charge in [-0.1, -0.05) is 24.2 Å². The number of nitrogens with zero attached hydrogens (tertiary/aromatic N) is 4. The molecule has 1 aliphatic heterocycles. The number of methoxy groups -OCH3 is 1. The molecule has 3 aromatic rings. The lowest BCUT2D eigenvalue weighted by molar-refractivity contribution is 0.394. The Morgan fingerprint density at radius 3 is 3.00 bits per heavy atom. The number of fused-ring (bicyclic) bond motifs is 1. The first-order valence-electron chi connectivity index (χ1n) is 7.78. The summed E-state index contributed by atoms with van der Waals surface area (Å²) in [5, 5.41) is 4.08. The summed E-state index contributed by atoms with van der Waals surface area (Å²) < 4.78 is 13.0. The maximum absolute atomic E-state index is 5.42. The minimum atomic E-state index is 0.445. The van der Waals surface area contributed by atoms with Gasteiger partial charge in [0, 0.05) is 19.2 Å². The number of ether oxygens (including phenoxy) is 1. The van der Waals surface area contributed by atoms with E-state index in [9.17, 15) is 0 Å². The predicted octanol–water partition coefficient (Wildman–Crippen LogP) is 3.19. The average Bonchev–Trinajstić information content (AvgIpc) is 3.20. The molecule has 6 nitrogen and oxygen atoms in total. The molecule has 0 N–H and O–H groups in total. The van der Waals surface area contributed by atoms with Crippen LogP contribution in [0.5, 0.6) is 5.75 Å². The van der Waals surface area contributed by atoms with Gasteiger partial charge in [0.2, 0.25) is 5.82 Å². The molecule has 0 saturated heterocycles. The molecular formula is C17H18N4O2. The second kappa shape index (κ2) is 5.53. The second-order valence-corrected chi connectivity index (χ2v) is 5.96. The van der Waals surface area contributed by atoms with Crippen molar-refractivity contribution >= 4 is 0 Å². The van der Waals surface area contributed by atoms with Crippen molar-refractivity contribution in [3.8, 4) is 28.7 Å². The fraction of sp³-hybridized carbons (Fsp3) is 0.353. The molecule has 4 rings (SSSR count). The Hall–Kier alpha value is -2.63. The zero-order valence-electron chi connectivity index (χ0n) is 13.2. The highest BCUT2D eigenvalue weighted by atomic mass is 16.5. The van der Waals surface area contributed by atoms with Crippen LogP contribution < -0.4 is 4.74 Å². The Morgan fingerprint density at radius 1 is 1.26 bits per heavy atom. The Balaban J connectivity index is 1.68. The van der Waals surface area contributed by atoms with Crippen molar-refractivity contribution in [1.82, 2.24) is 19.7 Å². The van der Waals surface area contributed by atoms with Crippen LogP contribution in [0.15, 0.2) is 35.0 Å². The summed E-state index contributed by atoms with van der Waals surface area (Å²) >= 11 is 0. The molecule has 0 spiro atoms. The third-order valence-electron chi connectivity index (χ3n) is 4.22. The number of benzene rings is 1. The summed E-state index contributed by atoms with van der Waals surface area (Å²) in [6, 6.07) is 7.62. The third kappa shape index (κ3) is 2.50. The van der Waals surface area contributed by atoms with Crippen LogP contribution in [0.4, 0.5) is 0 Å². The number of hydrogen-bond donors (Lipinski definition) is 0. The first kappa shape index (κ1) is 14.0. The van der Waals surface area contributed by atoms with Gasteiger partial charge >= 0.3 is 0 Å². The van der Waals surface area contributed by atoms with Crippen LogP contribution in [0.2, 0.25) is 0 Å². The molecule has 1 atom stereocenters. The molecule has 0 fully saturated rings. The van der Waals surface area contributed by atoms with Gasteiger partial charge in [-0.25, -0.2) is 4.98 Å². The summed E-state index contributed by atoms with van der Waals surface area (Å²) in [6.07, 6.45) is 4.17. The van der Waals surface area contributed by atoms with Crippen molar-refractivity contribution in [2.75, 3.05) is 7.11 Å². The Bertz CT molecular complexity index is 837. The van der Waals surface area contributed by atoms with E-state index < -0.39 is 0 Å². The first-order chi connectivity index (χ1) is 11.2. The van der Waals surface area contributed by atoms with E-state index in [-0.39, 0.29) is 0 Å². The Labute approximate surface area is 134 Å². The fourth-order valence-corrected chi connectivity index (χ4v) is 2.98. The largest absolute Gasteiger partial charge is 0.496 e. The molecular weight excluding hydrogens is 292 g/mol. The van der Waals surface area contributed by atoms with Gasteiger partial charge in [-0.2, -0.15) is 4.98 Å². The lowest BCUT2D eigenvalue weighted by atomic mass is 10.0. The number of imidazole rings is 1. The topological polar surface area (TPSA) is 66.0 Å². The molecule has 118 valence electrons. The highest BCUT2D eigenvalue weighted by molar-refractivity contribution is 5.65. The fourth-order valence-electron chi connectivity index (χ4n) is 2.98. The highest BCUT2D eigenvalue weighted by Crippen LogP contribution is 2.29. The van der Waals surface area contributed by atoms with Crippen molar-refractivity contribution < 1.29 is 9.26 Å². The summed E-state index contributed by atoms with van der Waals surface area (Å²) in [7, 11) is 1.63. The van der Waals surface area contributed by atoms with Gasteiger partial charge in [0.05, 0.1) is 12.7 Å². The van der Waals surface area contributed by atoms with Gasteiger partial charge in [-0.05, 0) is 24.5 Å². The number of aromatic nitrogens is 4.